The highest BCUT2D eigenvalue weighted by Crippen LogP contribution is 2.26. The minimum atomic E-state index is -0.345. The molecule has 0 spiro atoms. The predicted molar refractivity (Wildman–Crippen MR) is 151 cm³/mol. The molecular weight excluding hydrogens is 510 g/mol. The summed E-state index contributed by atoms with van der Waals surface area (Å²) in [6.45, 7) is 13.4. The molecular formula is C28H35N9O3. The summed E-state index contributed by atoms with van der Waals surface area (Å²) in [5, 5.41) is 15.5. The molecule has 0 aliphatic carbocycles. The molecule has 0 unspecified atom stereocenters. The topological polar surface area (TPSA) is 127 Å². The van der Waals surface area contributed by atoms with Crippen LogP contribution in [-0.4, -0.2) is 87.4 Å². The van der Waals surface area contributed by atoms with Crippen molar-refractivity contribution in [2.75, 3.05) is 56.7 Å². The van der Waals surface area contributed by atoms with Gasteiger partial charge in [0.05, 0.1) is 41.6 Å². The Morgan fingerprint density at radius 1 is 1.10 bits per heavy atom. The zero-order valence-electron chi connectivity index (χ0n) is 23.6. The molecule has 1 amide bonds. The van der Waals surface area contributed by atoms with Gasteiger partial charge in [0.2, 0.25) is 0 Å². The van der Waals surface area contributed by atoms with Crippen molar-refractivity contribution in [1.29, 1.82) is 0 Å². The normalized spacial score (nSPS) is 14.5. The number of carbonyl (C=O) groups excluding carboxylic acids is 1. The van der Waals surface area contributed by atoms with Gasteiger partial charge in [-0.1, -0.05) is 31.1 Å². The van der Waals surface area contributed by atoms with Crippen LogP contribution in [0.15, 0.2) is 47.5 Å². The number of piperazine rings is 1. The molecule has 1 aliphatic rings. The summed E-state index contributed by atoms with van der Waals surface area (Å²) in [6.07, 6.45) is 7.02. The highest BCUT2D eigenvalue weighted by Gasteiger charge is 2.22. The van der Waals surface area contributed by atoms with Gasteiger partial charge in [0.1, 0.15) is 11.5 Å². The standard InChI is InChI=1S/C28H35N9O3/c1-19-24(13-21(16-30-19)27(38)31-26-14-25(40-33-26)28(2,3)4)37-18-23(32-34-37)20-12-22(17-29-15-20)36-8-6-35(7-9-36)10-11-39-5/h12-18H,6-11H2,1-5H3,(H,31,33,38). The first-order valence-corrected chi connectivity index (χ1v) is 13.3. The number of hydrogen-bond acceptors (Lipinski definition) is 10. The molecule has 1 aliphatic heterocycles. The SMILES string of the molecule is COCCN1CCN(c2cncc(-c3cn(-c4cc(C(=O)Nc5cc(C(C)(C)C)on5)cnc4C)nn3)c2)CC1. The van der Waals surface area contributed by atoms with Gasteiger partial charge in [-0.2, -0.15) is 0 Å². The van der Waals surface area contributed by atoms with E-state index in [1.807, 2.05) is 40.1 Å². The number of nitrogens with zero attached hydrogens (tertiary/aromatic N) is 8. The van der Waals surface area contributed by atoms with Crippen molar-refractivity contribution in [3.05, 3.63) is 60.0 Å². The molecule has 1 N–H and O–H groups in total. The van der Waals surface area contributed by atoms with Crippen molar-refractivity contribution < 1.29 is 14.1 Å². The number of carbonyl (C=O) groups is 1. The lowest BCUT2D eigenvalue weighted by atomic mass is 9.93. The van der Waals surface area contributed by atoms with Crippen LogP contribution in [0, 0.1) is 6.92 Å². The van der Waals surface area contributed by atoms with E-state index >= 15 is 0 Å². The number of methoxy groups -OCH3 is 1. The van der Waals surface area contributed by atoms with E-state index in [1.54, 1.807) is 30.1 Å². The molecule has 0 atom stereocenters. The molecule has 0 aromatic carbocycles. The highest BCUT2D eigenvalue weighted by molar-refractivity contribution is 6.03. The van der Waals surface area contributed by atoms with Gasteiger partial charge in [-0.3, -0.25) is 19.7 Å². The van der Waals surface area contributed by atoms with Gasteiger partial charge in [0.25, 0.3) is 5.91 Å². The first kappa shape index (κ1) is 27.4. The molecule has 1 fully saturated rings. The Hall–Kier alpha value is -4.16. The fourth-order valence-corrected chi connectivity index (χ4v) is 4.46. The maximum Gasteiger partial charge on any atom is 0.258 e. The van der Waals surface area contributed by atoms with E-state index in [4.69, 9.17) is 9.26 Å². The largest absolute Gasteiger partial charge is 0.383 e. The molecule has 1 saturated heterocycles. The number of aromatic nitrogens is 6. The number of amides is 1. The molecule has 0 radical (unpaired) electrons. The van der Waals surface area contributed by atoms with Gasteiger partial charge in [-0.25, -0.2) is 4.68 Å². The number of aryl methyl sites for hydroxylation is 1. The maximum atomic E-state index is 13.0. The van der Waals surface area contributed by atoms with E-state index in [0.29, 0.717) is 34.2 Å². The van der Waals surface area contributed by atoms with Crippen LogP contribution in [0.3, 0.4) is 0 Å². The summed E-state index contributed by atoms with van der Waals surface area (Å²) >= 11 is 0. The highest BCUT2D eigenvalue weighted by atomic mass is 16.5. The Bertz CT molecular complexity index is 1470. The molecule has 12 heteroatoms. The van der Waals surface area contributed by atoms with Crippen molar-refractivity contribution in [1.82, 2.24) is 35.0 Å². The molecule has 0 saturated carbocycles. The first-order chi connectivity index (χ1) is 19.2. The van der Waals surface area contributed by atoms with Crippen LogP contribution >= 0.6 is 0 Å². The van der Waals surface area contributed by atoms with E-state index in [1.165, 1.54) is 6.20 Å². The monoisotopic (exact) mass is 545 g/mol. The van der Waals surface area contributed by atoms with E-state index < -0.39 is 0 Å². The first-order valence-electron chi connectivity index (χ1n) is 13.3. The Kier molecular flexibility index (Phi) is 7.90. The van der Waals surface area contributed by atoms with Gasteiger partial charge < -0.3 is 19.5 Å². The number of rotatable bonds is 8. The second-order valence-corrected chi connectivity index (χ2v) is 10.9. The Balaban J connectivity index is 1.30. The molecule has 4 aromatic rings. The lowest BCUT2D eigenvalue weighted by molar-refractivity contribution is 0.102. The molecule has 40 heavy (non-hydrogen) atoms. The third-order valence-corrected chi connectivity index (χ3v) is 6.92. The summed E-state index contributed by atoms with van der Waals surface area (Å²) in [5.74, 6) is 0.689. The van der Waals surface area contributed by atoms with E-state index in [9.17, 15) is 4.79 Å². The van der Waals surface area contributed by atoms with Gasteiger partial charge in [-0.05, 0) is 19.1 Å². The van der Waals surface area contributed by atoms with Crippen LogP contribution in [0.25, 0.3) is 16.9 Å². The number of nitrogens with one attached hydrogen (secondary N) is 1. The molecule has 4 aromatic heterocycles. The summed E-state index contributed by atoms with van der Waals surface area (Å²) < 4.78 is 12.2. The van der Waals surface area contributed by atoms with Crippen LogP contribution in [-0.2, 0) is 10.2 Å². The average molecular weight is 546 g/mol. The van der Waals surface area contributed by atoms with Gasteiger partial charge in [-0.15, -0.1) is 5.10 Å². The van der Waals surface area contributed by atoms with Crippen LogP contribution in [0.5, 0.6) is 0 Å². The van der Waals surface area contributed by atoms with Crippen LogP contribution in [0.2, 0.25) is 0 Å². The van der Waals surface area contributed by atoms with Gasteiger partial charge in [0, 0.05) is 69.3 Å². The number of pyridine rings is 2. The predicted octanol–water partition coefficient (Wildman–Crippen LogP) is 3.34. The molecule has 0 bridgehead atoms. The number of ether oxygens (including phenoxy) is 1. The van der Waals surface area contributed by atoms with Crippen molar-refractivity contribution in [2.45, 2.75) is 33.1 Å². The summed E-state index contributed by atoms with van der Waals surface area (Å²) in [6, 6.07) is 5.55. The molecule has 12 nitrogen and oxygen atoms in total. The smallest absolute Gasteiger partial charge is 0.258 e. The zero-order valence-corrected chi connectivity index (χ0v) is 23.6. The quantitative estimate of drug-likeness (QED) is 0.352. The summed E-state index contributed by atoms with van der Waals surface area (Å²) in [5.41, 5.74) is 4.11. The Labute approximate surface area is 233 Å². The summed E-state index contributed by atoms with van der Waals surface area (Å²) in [7, 11) is 1.73. The lowest BCUT2D eigenvalue weighted by Crippen LogP contribution is -2.47. The number of anilines is 2. The maximum absolute atomic E-state index is 13.0. The minimum Gasteiger partial charge on any atom is -0.383 e. The fraction of sp³-hybridized carbons (Fsp3) is 0.429. The Morgan fingerprint density at radius 3 is 2.62 bits per heavy atom. The van der Waals surface area contributed by atoms with Crippen LogP contribution in [0.4, 0.5) is 11.5 Å². The lowest BCUT2D eigenvalue weighted by Gasteiger charge is -2.35. The second kappa shape index (κ2) is 11.5. The minimum absolute atomic E-state index is 0.215. The van der Waals surface area contributed by atoms with Crippen molar-refractivity contribution >= 4 is 17.4 Å². The zero-order chi connectivity index (χ0) is 28.3. The second-order valence-electron chi connectivity index (χ2n) is 10.9. The Morgan fingerprint density at radius 2 is 1.90 bits per heavy atom. The van der Waals surface area contributed by atoms with E-state index in [0.717, 1.165) is 50.6 Å². The van der Waals surface area contributed by atoms with Crippen molar-refractivity contribution in [3.8, 4) is 16.9 Å². The number of hydrogen-bond donors (Lipinski definition) is 1. The van der Waals surface area contributed by atoms with Crippen molar-refractivity contribution in [3.63, 3.8) is 0 Å². The van der Waals surface area contributed by atoms with E-state index in [2.05, 4.69) is 46.6 Å². The summed E-state index contributed by atoms with van der Waals surface area (Å²) in [4.78, 5) is 26.6. The molecule has 210 valence electrons. The van der Waals surface area contributed by atoms with Gasteiger partial charge in [0.15, 0.2) is 5.82 Å². The average Bonchev–Trinajstić information content (AvgIpc) is 3.63. The fourth-order valence-electron chi connectivity index (χ4n) is 4.46. The third-order valence-electron chi connectivity index (χ3n) is 6.92. The third kappa shape index (κ3) is 6.18. The molecule has 5 heterocycles. The van der Waals surface area contributed by atoms with E-state index in [-0.39, 0.29) is 11.3 Å². The van der Waals surface area contributed by atoms with Gasteiger partial charge >= 0.3 is 0 Å². The van der Waals surface area contributed by atoms with Crippen LogP contribution in [0.1, 0.15) is 42.6 Å². The molecule has 5 rings (SSSR count). The van der Waals surface area contributed by atoms with Crippen molar-refractivity contribution in [2.24, 2.45) is 0 Å². The van der Waals surface area contributed by atoms with Crippen LogP contribution < -0.4 is 10.2 Å².